The molecule has 3 nitrogen and oxygen atoms in total. The second kappa shape index (κ2) is 3.98. The molecule has 1 saturated carbocycles. The first-order valence-corrected chi connectivity index (χ1v) is 7.88. The highest BCUT2D eigenvalue weighted by molar-refractivity contribution is 5.62. The topological polar surface area (TPSA) is 54.7 Å². The number of fused-ring (bicyclic) bond motifs is 5. The van der Waals surface area contributed by atoms with E-state index in [1.807, 2.05) is 6.07 Å². The molecule has 1 aromatic carbocycles. The number of nitrogens with one attached hydrogen (secondary N) is 1. The number of nitrogens with two attached hydrogens (primary N) is 1. The molecular weight excluding hydrogens is 258 g/mol. The number of hydrogen-bond acceptors (Lipinski definition) is 2. The van der Waals surface area contributed by atoms with Crippen LogP contribution in [-0.2, 0) is 12.0 Å². The molecule has 0 saturated heterocycles. The molecule has 2 aliphatic carbocycles. The quantitative estimate of drug-likeness (QED) is 0.881. The van der Waals surface area contributed by atoms with Crippen molar-refractivity contribution in [2.75, 3.05) is 0 Å². The first kappa shape index (κ1) is 13.1. The zero-order chi connectivity index (χ0) is 14.8. The summed E-state index contributed by atoms with van der Waals surface area (Å²) in [5, 5.41) is 0. The lowest BCUT2D eigenvalue weighted by Crippen LogP contribution is -2.32. The van der Waals surface area contributed by atoms with Crippen LogP contribution in [0.5, 0.6) is 0 Å². The number of hydrogen-bond donors (Lipinski definition) is 2. The van der Waals surface area contributed by atoms with Gasteiger partial charge in [-0.3, -0.25) is 0 Å². The molecule has 4 rings (SSSR count). The van der Waals surface area contributed by atoms with E-state index < -0.39 is 0 Å². The molecule has 1 aromatic heterocycles. The van der Waals surface area contributed by atoms with Gasteiger partial charge in [0, 0.05) is 29.1 Å². The fraction of sp³-hybridized carbons (Fsp3) is 0.500. The minimum Gasteiger partial charge on any atom is -0.341 e. The van der Waals surface area contributed by atoms with E-state index in [1.165, 1.54) is 24.2 Å². The van der Waals surface area contributed by atoms with Crippen LogP contribution in [0.25, 0.3) is 11.4 Å². The lowest BCUT2D eigenvalue weighted by molar-refractivity contribution is 0.226. The van der Waals surface area contributed by atoms with E-state index in [0.29, 0.717) is 17.9 Å². The van der Waals surface area contributed by atoms with Crippen LogP contribution in [0.1, 0.15) is 56.5 Å². The maximum Gasteiger partial charge on any atom is 0.138 e. The Balaban J connectivity index is 1.87. The van der Waals surface area contributed by atoms with Gasteiger partial charge in [0.2, 0.25) is 0 Å². The summed E-state index contributed by atoms with van der Waals surface area (Å²) in [4.78, 5) is 8.64. The Morgan fingerprint density at radius 1 is 1.29 bits per heavy atom. The van der Waals surface area contributed by atoms with E-state index >= 15 is 0 Å². The number of nitrogens with zero attached hydrogens (tertiary/aromatic N) is 1. The van der Waals surface area contributed by atoms with Crippen LogP contribution in [-0.4, -0.2) is 9.97 Å². The zero-order valence-electron chi connectivity index (χ0n) is 13.0. The second-order valence-corrected chi connectivity index (χ2v) is 7.35. The molecule has 0 spiro atoms. The SMILES string of the molecule is CC12CCC(c3[nH]c(-c4ccccc4CN)nc31)C2(C)C. The molecule has 2 aromatic rings. The predicted molar refractivity (Wildman–Crippen MR) is 85.0 cm³/mol. The molecule has 2 atom stereocenters. The van der Waals surface area contributed by atoms with Crippen molar-refractivity contribution >= 4 is 0 Å². The molecule has 3 N–H and O–H groups in total. The van der Waals surface area contributed by atoms with E-state index in [4.69, 9.17) is 10.7 Å². The molecule has 21 heavy (non-hydrogen) atoms. The van der Waals surface area contributed by atoms with Crippen LogP contribution in [0.3, 0.4) is 0 Å². The van der Waals surface area contributed by atoms with Gasteiger partial charge in [0.15, 0.2) is 0 Å². The average molecular weight is 281 g/mol. The Bertz CT molecular complexity index is 713. The molecule has 2 unspecified atom stereocenters. The second-order valence-electron chi connectivity index (χ2n) is 7.35. The smallest absolute Gasteiger partial charge is 0.138 e. The van der Waals surface area contributed by atoms with Crippen molar-refractivity contribution in [2.45, 2.75) is 51.5 Å². The molecule has 0 radical (unpaired) electrons. The predicted octanol–water partition coefficient (Wildman–Crippen LogP) is 3.71. The summed E-state index contributed by atoms with van der Waals surface area (Å²) in [5.74, 6) is 1.61. The van der Waals surface area contributed by atoms with E-state index in [1.54, 1.807) is 0 Å². The molecule has 1 fully saturated rings. The normalized spacial score (nSPS) is 28.9. The monoisotopic (exact) mass is 281 g/mol. The Morgan fingerprint density at radius 3 is 2.76 bits per heavy atom. The van der Waals surface area contributed by atoms with Crippen LogP contribution in [0.2, 0.25) is 0 Å². The summed E-state index contributed by atoms with van der Waals surface area (Å²) < 4.78 is 0. The zero-order valence-corrected chi connectivity index (χ0v) is 13.0. The maximum absolute atomic E-state index is 5.87. The first-order valence-electron chi connectivity index (χ1n) is 7.88. The Kier molecular flexibility index (Phi) is 2.48. The number of benzene rings is 1. The van der Waals surface area contributed by atoms with Gasteiger partial charge in [0.1, 0.15) is 5.82 Å². The summed E-state index contributed by atoms with van der Waals surface area (Å²) >= 11 is 0. The van der Waals surface area contributed by atoms with Crippen molar-refractivity contribution in [2.24, 2.45) is 11.1 Å². The number of rotatable bonds is 2. The summed E-state index contributed by atoms with van der Waals surface area (Å²) in [6.07, 6.45) is 2.52. The molecule has 3 heteroatoms. The number of imidazole rings is 1. The van der Waals surface area contributed by atoms with Crippen LogP contribution in [0, 0.1) is 5.41 Å². The average Bonchev–Trinajstić information content (AvgIpc) is 3.05. The van der Waals surface area contributed by atoms with Gasteiger partial charge in [-0.15, -0.1) is 0 Å². The van der Waals surface area contributed by atoms with Crippen molar-refractivity contribution in [1.82, 2.24) is 9.97 Å². The fourth-order valence-electron chi connectivity index (χ4n) is 4.55. The first-order chi connectivity index (χ1) is 9.99. The Labute approximate surface area is 126 Å². The van der Waals surface area contributed by atoms with Gasteiger partial charge in [0.05, 0.1) is 5.69 Å². The molecule has 0 amide bonds. The van der Waals surface area contributed by atoms with E-state index in [2.05, 4.69) is 44.0 Å². The molecule has 110 valence electrons. The summed E-state index contributed by atoms with van der Waals surface area (Å²) in [6, 6.07) is 8.30. The fourth-order valence-corrected chi connectivity index (χ4v) is 4.55. The van der Waals surface area contributed by atoms with E-state index in [0.717, 1.165) is 17.0 Å². The minimum absolute atomic E-state index is 0.208. The molecular formula is C18H23N3. The minimum atomic E-state index is 0.208. The molecule has 0 aliphatic heterocycles. The van der Waals surface area contributed by atoms with Gasteiger partial charge in [0.25, 0.3) is 0 Å². The third kappa shape index (κ3) is 1.45. The number of H-pyrrole nitrogens is 1. The van der Waals surface area contributed by atoms with Gasteiger partial charge < -0.3 is 10.7 Å². The molecule has 2 aliphatic rings. The van der Waals surface area contributed by atoms with Gasteiger partial charge in [-0.25, -0.2) is 4.98 Å². The van der Waals surface area contributed by atoms with E-state index in [-0.39, 0.29) is 5.41 Å². The van der Waals surface area contributed by atoms with Gasteiger partial charge >= 0.3 is 0 Å². The summed E-state index contributed by atoms with van der Waals surface area (Å²) in [7, 11) is 0. The maximum atomic E-state index is 5.87. The summed E-state index contributed by atoms with van der Waals surface area (Å²) in [5.41, 5.74) is 11.4. The highest BCUT2D eigenvalue weighted by Crippen LogP contribution is 2.67. The van der Waals surface area contributed by atoms with Crippen molar-refractivity contribution in [3.8, 4) is 11.4 Å². The van der Waals surface area contributed by atoms with Crippen molar-refractivity contribution in [3.05, 3.63) is 41.2 Å². The largest absolute Gasteiger partial charge is 0.341 e. The standard InChI is InChI=1S/C18H23N3/c1-17(2)13-8-9-18(17,3)15-14(13)20-16(21-15)12-7-5-4-6-11(12)10-19/h4-7,13H,8-10,19H2,1-3H3,(H,20,21). The summed E-state index contributed by atoms with van der Waals surface area (Å²) in [6.45, 7) is 7.73. The van der Waals surface area contributed by atoms with Crippen molar-refractivity contribution in [3.63, 3.8) is 0 Å². The Morgan fingerprint density at radius 2 is 2.05 bits per heavy atom. The van der Waals surface area contributed by atoms with Crippen LogP contribution < -0.4 is 5.73 Å². The van der Waals surface area contributed by atoms with Crippen LogP contribution in [0.4, 0.5) is 0 Å². The van der Waals surface area contributed by atoms with Crippen molar-refractivity contribution < 1.29 is 0 Å². The van der Waals surface area contributed by atoms with Gasteiger partial charge in [-0.1, -0.05) is 45.0 Å². The highest BCUT2D eigenvalue weighted by Gasteiger charge is 2.61. The number of aromatic amines is 1. The van der Waals surface area contributed by atoms with Crippen molar-refractivity contribution in [1.29, 1.82) is 0 Å². The van der Waals surface area contributed by atoms with Crippen LogP contribution in [0.15, 0.2) is 24.3 Å². The Hall–Kier alpha value is -1.61. The third-order valence-electron chi connectivity index (χ3n) is 6.32. The number of aromatic nitrogens is 2. The van der Waals surface area contributed by atoms with Crippen LogP contribution >= 0.6 is 0 Å². The lowest BCUT2D eigenvalue weighted by atomic mass is 9.70. The molecule has 1 heterocycles. The molecule has 2 bridgehead atoms. The van der Waals surface area contributed by atoms with Gasteiger partial charge in [-0.2, -0.15) is 0 Å². The highest BCUT2D eigenvalue weighted by atomic mass is 15.0. The lowest BCUT2D eigenvalue weighted by Gasteiger charge is -2.34. The van der Waals surface area contributed by atoms with Gasteiger partial charge in [-0.05, 0) is 23.8 Å². The van der Waals surface area contributed by atoms with E-state index in [9.17, 15) is 0 Å². The third-order valence-corrected chi connectivity index (χ3v) is 6.32.